The van der Waals surface area contributed by atoms with Gasteiger partial charge in [0.05, 0.1) is 24.0 Å². The second kappa shape index (κ2) is 6.31. The molecule has 1 aromatic carbocycles. The van der Waals surface area contributed by atoms with Crippen molar-refractivity contribution >= 4 is 56.2 Å². The van der Waals surface area contributed by atoms with Gasteiger partial charge in [0.2, 0.25) is 0 Å². The summed E-state index contributed by atoms with van der Waals surface area (Å²) in [7, 11) is 0. The van der Waals surface area contributed by atoms with Crippen molar-refractivity contribution in [2.24, 2.45) is 0 Å². The van der Waals surface area contributed by atoms with Crippen molar-refractivity contribution in [3.05, 3.63) is 73.4 Å². The first-order chi connectivity index (χ1) is 11.2. The van der Waals surface area contributed by atoms with E-state index < -0.39 is 0 Å². The predicted octanol–water partition coefficient (Wildman–Crippen LogP) is 5.07. The Labute approximate surface area is 160 Å². The van der Waals surface area contributed by atoms with E-state index in [-0.39, 0.29) is 0 Å². The number of hydrogen-bond acceptors (Lipinski definition) is 3. The van der Waals surface area contributed by atoms with Crippen LogP contribution in [0, 0.1) is 7.53 Å². The molecule has 0 N–H and O–H groups in total. The summed E-state index contributed by atoms with van der Waals surface area (Å²) in [5.74, 6) is 2.82. The van der Waals surface area contributed by atoms with Crippen LogP contribution < -0.4 is 0 Å². The van der Waals surface area contributed by atoms with Crippen LogP contribution in [0.5, 0.6) is 0 Å². The van der Waals surface area contributed by atoms with E-state index >= 15 is 0 Å². The predicted molar refractivity (Wildman–Crippen MR) is 104 cm³/mol. The molecule has 0 aliphatic rings. The van der Waals surface area contributed by atoms with Gasteiger partial charge in [0.1, 0.15) is 17.3 Å². The minimum atomic E-state index is 0.662. The van der Waals surface area contributed by atoms with Crippen molar-refractivity contribution in [3.8, 4) is 0 Å². The van der Waals surface area contributed by atoms with E-state index in [1.165, 1.54) is 0 Å². The van der Waals surface area contributed by atoms with Crippen molar-refractivity contribution in [3.63, 3.8) is 0 Å². The summed E-state index contributed by atoms with van der Waals surface area (Å²) in [6.07, 6.45) is 0.662. The van der Waals surface area contributed by atoms with Gasteiger partial charge in [-0.15, -0.1) is 0 Å². The van der Waals surface area contributed by atoms with Gasteiger partial charge in [-0.25, -0.2) is 4.98 Å². The first kappa shape index (κ1) is 15.3. The molecular formula is C17H12I2N2O2. The Morgan fingerprint density at radius 1 is 0.870 bits per heavy atom. The van der Waals surface area contributed by atoms with Crippen molar-refractivity contribution in [2.45, 2.75) is 13.0 Å². The lowest BCUT2D eigenvalue weighted by atomic mass is 10.3. The summed E-state index contributed by atoms with van der Waals surface area (Å²) < 4.78 is 15.4. The summed E-state index contributed by atoms with van der Waals surface area (Å²) in [5, 5.41) is 0. The first-order valence-corrected chi connectivity index (χ1v) is 9.27. The lowest BCUT2D eigenvalue weighted by Crippen LogP contribution is -2.05. The molecule has 0 spiro atoms. The number of fused-ring (bicyclic) bond motifs is 1. The maximum atomic E-state index is 5.73. The maximum absolute atomic E-state index is 5.73. The zero-order valence-electron chi connectivity index (χ0n) is 12.0. The van der Waals surface area contributed by atoms with Gasteiger partial charge >= 0.3 is 0 Å². The topological polar surface area (TPSA) is 44.1 Å². The van der Waals surface area contributed by atoms with Gasteiger partial charge in [-0.1, -0.05) is 12.1 Å². The fourth-order valence-corrected chi connectivity index (χ4v) is 3.56. The van der Waals surface area contributed by atoms with Gasteiger partial charge in [0, 0.05) is 0 Å². The molecule has 4 nitrogen and oxygen atoms in total. The highest BCUT2D eigenvalue weighted by atomic mass is 127. The number of para-hydroxylation sites is 2. The molecule has 0 bridgehead atoms. The Morgan fingerprint density at radius 2 is 1.57 bits per heavy atom. The zero-order chi connectivity index (χ0) is 15.8. The highest BCUT2D eigenvalue weighted by molar-refractivity contribution is 14.1. The van der Waals surface area contributed by atoms with Crippen LogP contribution >= 0.6 is 45.2 Å². The Morgan fingerprint density at radius 3 is 2.26 bits per heavy atom. The largest absolute Gasteiger partial charge is 0.455 e. The van der Waals surface area contributed by atoms with Gasteiger partial charge in [-0.3, -0.25) is 0 Å². The number of halogens is 2. The van der Waals surface area contributed by atoms with Gasteiger partial charge in [-0.05, 0) is 81.6 Å². The summed E-state index contributed by atoms with van der Waals surface area (Å²) in [6, 6.07) is 16.1. The molecule has 4 aromatic rings. The maximum Gasteiger partial charge on any atom is 0.164 e. The zero-order valence-corrected chi connectivity index (χ0v) is 16.3. The van der Waals surface area contributed by atoms with Crippen LogP contribution in [-0.4, -0.2) is 9.55 Å². The lowest BCUT2D eigenvalue weighted by molar-refractivity contribution is 0.464. The highest BCUT2D eigenvalue weighted by Crippen LogP contribution is 2.22. The van der Waals surface area contributed by atoms with E-state index in [1.807, 2.05) is 42.5 Å². The van der Waals surface area contributed by atoms with Crippen molar-refractivity contribution in [2.75, 3.05) is 0 Å². The normalized spacial score (nSPS) is 11.4. The van der Waals surface area contributed by atoms with Crippen molar-refractivity contribution < 1.29 is 8.83 Å². The van der Waals surface area contributed by atoms with Crippen molar-refractivity contribution in [1.82, 2.24) is 9.55 Å². The van der Waals surface area contributed by atoms with Crippen LogP contribution in [0.4, 0.5) is 0 Å². The molecule has 116 valence electrons. The first-order valence-electron chi connectivity index (χ1n) is 7.11. The minimum Gasteiger partial charge on any atom is -0.455 e. The molecule has 0 amide bonds. The summed E-state index contributed by atoms with van der Waals surface area (Å²) >= 11 is 4.36. The second-order valence-electron chi connectivity index (χ2n) is 5.19. The van der Waals surface area contributed by atoms with E-state index in [0.29, 0.717) is 13.0 Å². The van der Waals surface area contributed by atoms with Crippen LogP contribution in [0.15, 0.2) is 57.4 Å². The quantitative estimate of drug-likeness (QED) is 0.347. The van der Waals surface area contributed by atoms with Gasteiger partial charge in [0.15, 0.2) is 7.53 Å². The molecule has 4 rings (SSSR count). The number of aromatic nitrogens is 2. The van der Waals surface area contributed by atoms with Gasteiger partial charge < -0.3 is 13.4 Å². The van der Waals surface area contributed by atoms with Gasteiger partial charge in [-0.2, -0.15) is 0 Å². The lowest BCUT2D eigenvalue weighted by Gasteiger charge is -2.06. The molecule has 3 aromatic heterocycles. The molecule has 0 unspecified atom stereocenters. The fraction of sp³-hybridized carbons (Fsp3) is 0.118. The van der Waals surface area contributed by atoms with Crippen molar-refractivity contribution in [1.29, 1.82) is 0 Å². The summed E-state index contributed by atoms with van der Waals surface area (Å²) in [6.45, 7) is 0.663. The molecule has 0 saturated heterocycles. The average Bonchev–Trinajstić information content (AvgIpc) is 3.21. The number of nitrogens with zero attached hydrogens (tertiary/aromatic N) is 2. The number of hydrogen-bond donors (Lipinski definition) is 0. The molecule has 23 heavy (non-hydrogen) atoms. The third-order valence-corrected chi connectivity index (χ3v) is 4.80. The van der Waals surface area contributed by atoms with Crippen LogP contribution in [0.3, 0.4) is 0 Å². The van der Waals surface area contributed by atoms with Crippen LogP contribution in [0.25, 0.3) is 11.0 Å². The van der Waals surface area contributed by atoms with E-state index in [4.69, 9.17) is 13.8 Å². The summed E-state index contributed by atoms with van der Waals surface area (Å²) in [4.78, 5) is 4.78. The Kier molecular flexibility index (Phi) is 4.18. The number of furan rings is 2. The molecular weight excluding hydrogens is 518 g/mol. The number of benzene rings is 1. The average molecular weight is 530 g/mol. The van der Waals surface area contributed by atoms with E-state index in [9.17, 15) is 0 Å². The summed E-state index contributed by atoms with van der Waals surface area (Å²) in [5.41, 5.74) is 2.10. The molecule has 0 aliphatic carbocycles. The molecule has 6 heteroatoms. The van der Waals surface area contributed by atoms with Crippen LogP contribution in [0.1, 0.15) is 17.3 Å². The second-order valence-corrected chi connectivity index (χ2v) is 7.32. The van der Waals surface area contributed by atoms with Crippen LogP contribution in [0.2, 0.25) is 0 Å². The molecule has 0 saturated carbocycles. The van der Waals surface area contributed by atoms with E-state index in [1.54, 1.807) is 0 Å². The SMILES string of the molecule is Ic1ccc(Cc2nc3ccccc3n2Cc2ccc(I)o2)o1. The van der Waals surface area contributed by atoms with E-state index in [2.05, 4.69) is 55.8 Å². The Hall–Kier alpha value is -1.29. The fourth-order valence-electron chi connectivity index (χ4n) is 2.63. The Bertz CT molecular complexity index is 968. The highest BCUT2D eigenvalue weighted by Gasteiger charge is 2.14. The molecule has 3 heterocycles. The molecule has 0 radical (unpaired) electrons. The van der Waals surface area contributed by atoms with Gasteiger partial charge in [0.25, 0.3) is 0 Å². The van der Waals surface area contributed by atoms with E-state index in [0.717, 1.165) is 35.9 Å². The monoisotopic (exact) mass is 530 g/mol. The third-order valence-electron chi connectivity index (χ3n) is 3.64. The number of rotatable bonds is 4. The Balaban J connectivity index is 1.77. The number of imidazole rings is 1. The standard InChI is InChI=1S/C17H12I2N2O2/c18-15-7-5-11(22-15)9-17-20-13-3-1-2-4-14(13)21(17)10-12-6-8-16(19)23-12/h1-8H,9-10H2. The smallest absolute Gasteiger partial charge is 0.164 e. The third kappa shape index (κ3) is 3.18. The molecule has 0 atom stereocenters. The minimum absolute atomic E-state index is 0.662. The molecule has 0 aliphatic heterocycles. The molecule has 0 fully saturated rings. The van der Waals surface area contributed by atoms with Crippen LogP contribution in [-0.2, 0) is 13.0 Å².